The number of rotatable bonds is 5. The van der Waals surface area contributed by atoms with Crippen LogP contribution in [-0.4, -0.2) is 40.5 Å². The predicted octanol–water partition coefficient (Wildman–Crippen LogP) is 3.41. The van der Waals surface area contributed by atoms with Crippen molar-refractivity contribution >= 4 is 21.9 Å². The Morgan fingerprint density at radius 1 is 1.08 bits per heavy atom. The van der Waals surface area contributed by atoms with E-state index >= 15 is 0 Å². The molecule has 0 aliphatic carbocycles. The average Bonchev–Trinajstić information content (AvgIpc) is 3.18. The lowest BCUT2D eigenvalue weighted by Gasteiger charge is -2.04. The number of hydrogen-bond donors (Lipinski definition) is 2. The monoisotopic (exact) mass is 344 g/mol. The molecule has 2 N–H and O–H groups in total. The fourth-order valence-corrected chi connectivity index (χ4v) is 2.68. The van der Waals surface area contributed by atoms with Crippen LogP contribution in [0.5, 0.6) is 5.75 Å². The molecule has 0 aliphatic heterocycles. The fourth-order valence-electron chi connectivity index (χ4n) is 2.68. The van der Waals surface area contributed by atoms with Gasteiger partial charge in [-0.1, -0.05) is 0 Å². The van der Waals surface area contributed by atoms with Crippen molar-refractivity contribution in [3.8, 4) is 17.3 Å². The smallest absolute Gasteiger partial charge is 0.159 e. The van der Waals surface area contributed by atoms with Crippen LogP contribution in [0, 0.1) is 11.6 Å². The average molecular weight is 344 g/mol. The van der Waals surface area contributed by atoms with Crippen molar-refractivity contribution < 1.29 is 18.3 Å². The Balaban J connectivity index is 1.75. The standard InChI is InChI=1S/C17H14F2N4O2/c1-24-4-5-25-10-2-3-12-13(8-10)21-17(20-12)16-15-11(19)6-9(18)7-14(15)22-23-16/h2-3,6-8H,4-5H2,1H3,(H,20,21)(H,22,23). The molecule has 4 rings (SSSR count). The maximum absolute atomic E-state index is 14.1. The first-order chi connectivity index (χ1) is 12.2. The Morgan fingerprint density at radius 3 is 2.80 bits per heavy atom. The van der Waals surface area contributed by atoms with Gasteiger partial charge in [-0.15, -0.1) is 0 Å². The van der Waals surface area contributed by atoms with E-state index in [1.807, 2.05) is 0 Å². The molecule has 25 heavy (non-hydrogen) atoms. The second-order valence-electron chi connectivity index (χ2n) is 5.49. The molecule has 6 nitrogen and oxygen atoms in total. The molecule has 0 atom stereocenters. The van der Waals surface area contributed by atoms with Crippen molar-refractivity contribution in [2.45, 2.75) is 0 Å². The first kappa shape index (κ1) is 15.5. The Hall–Kier alpha value is -3.00. The van der Waals surface area contributed by atoms with Crippen molar-refractivity contribution in [3.63, 3.8) is 0 Å². The topological polar surface area (TPSA) is 75.8 Å². The molecular formula is C17H14F2N4O2. The third kappa shape index (κ3) is 2.80. The predicted molar refractivity (Wildman–Crippen MR) is 88.5 cm³/mol. The molecule has 0 saturated carbocycles. The zero-order chi connectivity index (χ0) is 17.4. The second kappa shape index (κ2) is 6.14. The van der Waals surface area contributed by atoms with Crippen LogP contribution in [0.25, 0.3) is 33.5 Å². The van der Waals surface area contributed by atoms with E-state index in [-0.39, 0.29) is 10.9 Å². The number of benzene rings is 2. The lowest BCUT2D eigenvalue weighted by atomic mass is 10.2. The van der Waals surface area contributed by atoms with Gasteiger partial charge in [-0.3, -0.25) is 5.10 Å². The van der Waals surface area contributed by atoms with E-state index in [1.165, 1.54) is 6.07 Å². The lowest BCUT2D eigenvalue weighted by molar-refractivity contribution is 0.146. The molecular weight excluding hydrogens is 330 g/mol. The molecule has 128 valence electrons. The van der Waals surface area contributed by atoms with E-state index in [4.69, 9.17) is 9.47 Å². The highest BCUT2D eigenvalue weighted by atomic mass is 19.1. The molecule has 0 aliphatic rings. The molecule has 0 saturated heterocycles. The molecule has 2 heterocycles. The summed E-state index contributed by atoms with van der Waals surface area (Å²) in [7, 11) is 1.60. The number of nitrogens with one attached hydrogen (secondary N) is 2. The largest absolute Gasteiger partial charge is 0.491 e. The summed E-state index contributed by atoms with van der Waals surface area (Å²) < 4.78 is 38.0. The summed E-state index contributed by atoms with van der Waals surface area (Å²) in [6.45, 7) is 0.922. The Morgan fingerprint density at radius 2 is 1.96 bits per heavy atom. The minimum atomic E-state index is -0.692. The van der Waals surface area contributed by atoms with Gasteiger partial charge in [-0.2, -0.15) is 5.10 Å². The van der Waals surface area contributed by atoms with Crippen molar-refractivity contribution in [1.82, 2.24) is 20.2 Å². The van der Waals surface area contributed by atoms with Gasteiger partial charge in [0, 0.05) is 19.2 Å². The van der Waals surface area contributed by atoms with E-state index in [9.17, 15) is 8.78 Å². The quantitative estimate of drug-likeness (QED) is 0.544. The number of aromatic nitrogens is 4. The van der Waals surface area contributed by atoms with Gasteiger partial charge in [0.05, 0.1) is 28.5 Å². The zero-order valence-electron chi connectivity index (χ0n) is 13.3. The Bertz CT molecular complexity index is 1060. The van der Waals surface area contributed by atoms with Crippen LogP contribution in [0.2, 0.25) is 0 Å². The second-order valence-corrected chi connectivity index (χ2v) is 5.49. The Labute approximate surface area is 140 Å². The Kier molecular flexibility index (Phi) is 3.81. The molecule has 0 bridgehead atoms. The normalized spacial score (nSPS) is 11.5. The first-order valence-electron chi connectivity index (χ1n) is 7.60. The third-order valence-corrected chi connectivity index (χ3v) is 3.81. The van der Waals surface area contributed by atoms with Crippen molar-refractivity contribution in [2.75, 3.05) is 20.3 Å². The van der Waals surface area contributed by atoms with Crippen LogP contribution in [0.3, 0.4) is 0 Å². The summed E-state index contributed by atoms with van der Waals surface area (Å²) in [4.78, 5) is 7.53. The number of imidazole rings is 1. The van der Waals surface area contributed by atoms with Gasteiger partial charge in [0.15, 0.2) is 5.82 Å². The molecule has 2 aromatic carbocycles. The van der Waals surface area contributed by atoms with Gasteiger partial charge in [-0.05, 0) is 18.2 Å². The zero-order valence-corrected chi connectivity index (χ0v) is 13.3. The highest BCUT2D eigenvalue weighted by molar-refractivity contribution is 5.93. The van der Waals surface area contributed by atoms with Gasteiger partial charge in [0.25, 0.3) is 0 Å². The van der Waals surface area contributed by atoms with Gasteiger partial charge in [0.2, 0.25) is 0 Å². The van der Waals surface area contributed by atoms with Crippen LogP contribution < -0.4 is 4.74 Å². The molecule has 0 fully saturated rings. The minimum absolute atomic E-state index is 0.192. The third-order valence-electron chi connectivity index (χ3n) is 3.81. The SMILES string of the molecule is COCCOc1ccc2nc(-c3n[nH]c4cc(F)cc(F)c34)[nH]c2c1. The minimum Gasteiger partial charge on any atom is -0.491 e. The van der Waals surface area contributed by atoms with E-state index < -0.39 is 11.6 Å². The van der Waals surface area contributed by atoms with Crippen molar-refractivity contribution in [1.29, 1.82) is 0 Å². The van der Waals surface area contributed by atoms with Crippen LogP contribution in [0.1, 0.15) is 0 Å². The fraction of sp³-hybridized carbons (Fsp3) is 0.176. The van der Waals surface area contributed by atoms with E-state index in [2.05, 4.69) is 20.2 Å². The van der Waals surface area contributed by atoms with Gasteiger partial charge < -0.3 is 14.5 Å². The summed E-state index contributed by atoms with van der Waals surface area (Å²) in [5.41, 5.74) is 1.98. The number of nitrogens with zero attached hydrogens (tertiary/aromatic N) is 2. The number of methoxy groups -OCH3 is 1. The molecule has 0 radical (unpaired) electrons. The maximum Gasteiger partial charge on any atom is 0.159 e. The van der Waals surface area contributed by atoms with Crippen molar-refractivity contribution in [2.24, 2.45) is 0 Å². The summed E-state index contributed by atoms with van der Waals surface area (Å²) in [5, 5.41) is 6.89. The summed E-state index contributed by atoms with van der Waals surface area (Å²) in [6, 6.07) is 7.40. The lowest BCUT2D eigenvalue weighted by Crippen LogP contribution is -2.03. The van der Waals surface area contributed by atoms with Crippen LogP contribution in [0.4, 0.5) is 8.78 Å². The molecule has 0 amide bonds. The molecule has 8 heteroatoms. The molecule has 4 aromatic rings. The first-order valence-corrected chi connectivity index (χ1v) is 7.60. The number of aromatic amines is 2. The van der Waals surface area contributed by atoms with E-state index in [0.29, 0.717) is 36.0 Å². The van der Waals surface area contributed by atoms with Crippen molar-refractivity contribution in [3.05, 3.63) is 42.0 Å². The number of fused-ring (bicyclic) bond motifs is 2. The molecule has 0 spiro atoms. The molecule has 0 unspecified atom stereocenters. The van der Waals surface area contributed by atoms with Gasteiger partial charge in [-0.25, -0.2) is 13.8 Å². The molecule has 2 aromatic heterocycles. The van der Waals surface area contributed by atoms with Crippen LogP contribution >= 0.6 is 0 Å². The maximum atomic E-state index is 14.1. The van der Waals surface area contributed by atoms with E-state index in [0.717, 1.165) is 11.6 Å². The number of H-pyrrole nitrogens is 2. The highest BCUT2D eigenvalue weighted by Crippen LogP contribution is 2.29. The van der Waals surface area contributed by atoms with Crippen LogP contribution in [-0.2, 0) is 4.74 Å². The van der Waals surface area contributed by atoms with E-state index in [1.54, 1.807) is 25.3 Å². The number of ether oxygens (including phenoxy) is 2. The summed E-state index contributed by atoms with van der Waals surface area (Å²) in [6.07, 6.45) is 0. The number of halogens is 2. The highest BCUT2D eigenvalue weighted by Gasteiger charge is 2.17. The van der Waals surface area contributed by atoms with Gasteiger partial charge in [0.1, 0.15) is 29.7 Å². The van der Waals surface area contributed by atoms with Crippen LogP contribution in [0.15, 0.2) is 30.3 Å². The summed E-state index contributed by atoms with van der Waals surface area (Å²) in [5.74, 6) is -0.300. The number of hydrogen-bond acceptors (Lipinski definition) is 4. The van der Waals surface area contributed by atoms with Gasteiger partial charge >= 0.3 is 0 Å². The summed E-state index contributed by atoms with van der Waals surface area (Å²) >= 11 is 0.